The average molecular weight is 601 g/mol. The standard InChI is InChI=1S/C31H28Cl3NO5/c1-16(19-12-18-10-11-38-28(18)22(13-19)30(36)37)21-9-8-20(14-26(21)34)39-15-23-29(17-6-7-17)40-35-31(23,2)27-24(32)4-3-5-25(27)33/h3-5,8-9,12-14,16-17,35H,6-7,10-11,15H2,1-2H3,(H,36,37). The van der Waals surface area contributed by atoms with E-state index in [0.717, 1.165) is 46.4 Å². The minimum absolute atomic E-state index is 0.132. The van der Waals surface area contributed by atoms with Gasteiger partial charge in [-0.05, 0) is 66.8 Å². The molecule has 0 spiro atoms. The second-order valence-electron chi connectivity index (χ2n) is 10.7. The van der Waals surface area contributed by atoms with Gasteiger partial charge in [-0.2, -0.15) is 0 Å². The molecule has 0 amide bonds. The number of allylic oxidation sites excluding steroid dienone is 1. The highest BCUT2D eigenvalue weighted by Crippen LogP contribution is 2.49. The summed E-state index contributed by atoms with van der Waals surface area (Å²) in [6.07, 6.45) is 2.81. The Morgan fingerprint density at radius 3 is 2.55 bits per heavy atom. The zero-order valence-corrected chi connectivity index (χ0v) is 24.3. The largest absolute Gasteiger partial charge is 0.492 e. The first-order valence-corrected chi connectivity index (χ1v) is 14.4. The lowest BCUT2D eigenvalue weighted by atomic mass is 9.84. The minimum atomic E-state index is -1.00. The molecule has 1 saturated carbocycles. The Labute approximate surface area is 247 Å². The van der Waals surface area contributed by atoms with Crippen LogP contribution in [0.15, 0.2) is 59.9 Å². The lowest BCUT2D eigenvalue weighted by Gasteiger charge is -2.28. The SMILES string of the molecule is CC(c1cc2c(c(C(=O)O)c1)OCC2)c1ccc(OCC2=C(C3CC3)ONC2(C)c2c(Cl)cccc2Cl)cc1Cl. The smallest absolute Gasteiger partial charge is 0.339 e. The van der Waals surface area contributed by atoms with Crippen LogP contribution in [0, 0.1) is 5.92 Å². The van der Waals surface area contributed by atoms with Crippen LogP contribution in [0.5, 0.6) is 11.5 Å². The molecule has 2 N–H and O–H groups in total. The molecule has 2 aliphatic heterocycles. The van der Waals surface area contributed by atoms with Crippen molar-refractivity contribution in [3.63, 3.8) is 0 Å². The normalized spacial score (nSPS) is 20.6. The number of hydrogen-bond donors (Lipinski definition) is 2. The molecule has 0 radical (unpaired) electrons. The molecule has 6 nitrogen and oxygen atoms in total. The van der Waals surface area contributed by atoms with E-state index in [1.807, 2.05) is 50.2 Å². The number of carbonyl (C=O) groups is 1. The van der Waals surface area contributed by atoms with E-state index in [-0.39, 0.29) is 18.1 Å². The average Bonchev–Trinajstić information content (AvgIpc) is 3.55. The second-order valence-corrected chi connectivity index (χ2v) is 11.9. The first-order valence-electron chi connectivity index (χ1n) is 13.2. The third-order valence-corrected chi connectivity index (χ3v) is 8.99. The van der Waals surface area contributed by atoms with Crippen LogP contribution in [0.1, 0.15) is 65.2 Å². The molecule has 2 unspecified atom stereocenters. The molecule has 2 atom stereocenters. The maximum absolute atomic E-state index is 11.9. The fraction of sp³-hybridized carbons (Fsp3) is 0.323. The monoisotopic (exact) mass is 599 g/mol. The third kappa shape index (κ3) is 4.81. The van der Waals surface area contributed by atoms with E-state index in [2.05, 4.69) is 5.48 Å². The van der Waals surface area contributed by atoms with Crippen molar-refractivity contribution in [2.45, 2.75) is 44.6 Å². The van der Waals surface area contributed by atoms with Crippen molar-refractivity contribution in [1.29, 1.82) is 0 Å². The molecule has 6 rings (SSSR count). The Kier molecular flexibility index (Phi) is 7.16. The van der Waals surface area contributed by atoms with Crippen LogP contribution in [0.2, 0.25) is 15.1 Å². The summed E-state index contributed by atoms with van der Waals surface area (Å²) in [5.74, 6) is 1.16. The molecule has 208 valence electrons. The van der Waals surface area contributed by atoms with Crippen LogP contribution in [-0.4, -0.2) is 24.3 Å². The Hall–Kier alpha value is -2.90. The number of halogens is 3. The number of benzene rings is 3. The van der Waals surface area contributed by atoms with E-state index >= 15 is 0 Å². The highest BCUT2D eigenvalue weighted by atomic mass is 35.5. The summed E-state index contributed by atoms with van der Waals surface area (Å²) < 4.78 is 11.9. The Bertz CT molecular complexity index is 1530. The van der Waals surface area contributed by atoms with E-state index in [0.29, 0.717) is 45.5 Å². The molecule has 0 bridgehead atoms. The van der Waals surface area contributed by atoms with Gasteiger partial charge in [-0.15, -0.1) is 5.48 Å². The number of hydroxylamine groups is 1. The summed E-state index contributed by atoms with van der Waals surface area (Å²) in [7, 11) is 0. The van der Waals surface area contributed by atoms with Gasteiger partial charge in [-0.25, -0.2) is 4.79 Å². The van der Waals surface area contributed by atoms with Gasteiger partial charge in [-0.3, -0.25) is 0 Å². The predicted octanol–water partition coefficient (Wildman–Crippen LogP) is 7.92. The first-order chi connectivity index (χ1) is 19.2. The zero-order valence-electron chi connectivity index (χ0n) is 22.0. The summed E-state index contributed by atoms with van der Waals surface area (Å²) in [5, 5.41) is 11.3. The number of nitrogens with one attached hydrogen (secondary N) is 1. The fourth-order valence-electron chi connectivity index (χ4n) is 5.62. The van der Waals surface area contributed by atoms with Crippen molar-refractivity contribution in [1.82, 2.24) is 5.48 Å². The highest BCUT2D eigenvalue weighted by Gasteiger charge is 2.47. The third-order valence-electron chi connectivity index (χ3n) is 8.03. The van der Waals surface area contributed by atoms with Crippen LogP contribution in [0.3, 0.4) is 0 Å². The van der Waals surface area contributed by atoms with Gasteiger partial charge in [0.1, 0.15) is 35.0 Å². The van der Waals surface area contributed by atoms with Crippen LogP contribution in [0.4, 0.5) is 0 Å². The van der Waals surface area contributed by atoms with Crippen molar-refractivity contribution >= 4 is 40.8 Å². The van der Waals surface area contributed by atoms with E-state index < -0.39 is 11.5 Å². The number of aromatic carboxylic acids is 1. The van der Waals surface area contributed by atoms with Crippen molar-refractivity contribution in [3.05, 3.63) is 103 Å². The Morgan fingerprint density at radius 1 is 1.12 bits per heavy atom. The molecule has 3 aromatic rings. The van der Waals surface area contributed by atoms with Crippen LogP contribution in [0.25, 0.3) is 0 Å². The van der Waals surface area contributed by atoms with Crippen molar-refractivity contribution in [2.24, 2.45) is 5.92 Å². The Morgan fingerprint density at radius 2 is 1.88 bits per heavy atom. The summed E-state index contributed by atoms with van der Waals surface area (Å²) >= 11 is 20.0. The molecular formula is C31H28Cl3NO5. The first kappa shape index (κ1) is 27.3. The van der Waals surface area contributed by atoms with Crippen LogP contribution < -0.4 is 15.0 Å². The molecule has 9 heteroatoms. The van der Waals surface area contributed by atoms with Crippen molar-refractivity contribution in [2.75, 3.05) is 13.2 Å². The quantitative estimate of drug-likeness (QED) is 0.273. The highest BCUT2D eigenvalue weighted by molar-refractivity contribution is 6.36. The van der Waals surface area contributed by atoms with Crippen LogP contribution in [-0.2, 0) is 16.8 Å². The van der Waals surface area contributed by atoms with E-state index in [4.69, 9.17) is 49.1 Å². The lowest BCUT2D eigenvalue weighted by molar-refractivity contribution is 0.0693. The van der Waals surface area contributed by atoms with E-state index in [1.54, 1.807) is 12.1 Å². The van der Waals surface area contributed by atoms with Gasteiger partial charge < -0.3 is 19.4 Å². The summed E-state index contributed by atoms with van der Waals surface area (Å²) in [5.41, 5.74) is 6.94. The number of rotatable bonds is 8. The number of carboxylic acids is 1. The fourth-order valence-corrected chi connectivity index (χ4v) is 6.73. The van der Waals surface area contributed by atoms with E-state index in [9.17, 15) is 9.90 Å². The lowest BCUT2D eigenvalue weighted by Crippen LogP contribution is -2.38. The topological polar surface area (TPSA) is 77.0 Å². The van der Waals surface area contributed by atoms with Gasteiger partial charge >= 0.3 is 5.97 Å². The van der Waals surface area contributed by atoms with Gasteiger partial charge in [-0.1, -0.05) is 59.9 Å². The van der Waals surface area contributed by atoms with Gasteiger partial charge in [0.2, 0.25) is 0 Å². The molecule has 0 saturated heterocycles. The predicted molar refractivity (Wildman–Crippen MR) is 155 cm³/mol. The van der Waals surface area contributed by atoms with Gasteiger partial charge in [0.05, 0.1) is 6.61 Å². The number of ether oxygens (including phenoxy) is 2. The van der Waals surface area contributed by atoms with Gasteiger partial charge in [0.15, 0.2) is 0 Å². The van der Waals surface area contributed by atoms with Gasteiger partial charge in [0.25, 0.3) is 0 Å². The molecule has 3 aliphatic rings. The molecule has 0 aromatic heterocycles. The van der Waals surface area contributed by atoms with Crippen molar-refractivity contribution < 1.29 is 24.2 Å². The molecule has 1 aliphatic carbocycles. The molecule has 3 aromatic carbocycles. The van der Waals surface area contributed by atoms with Crippen molar-refractivity contribution in [3.8, 4) is 11.5 Å². The summed E-state index contributed by atoms with van der Waals surface area (Å²) in [4.78, 5) is 17.8. The number of fused-ring (bicyclic) bond motifs is 1. The van der Waals surface area contributed by atoms with Crippen LogP contribution >= 0.6 is 34.8 Å². The number of hydrogen-bond acceptors (Lipinski definition) is 5. The maximum atomic E-state index is 11.9. The minimum Gasteiger partial charge on any atom is -0.492 e. The van der Waals surface area contributed by atoms with E-state index in [1.165, 1.54) is 0 Å². The van der Waals surface area contributed by atoms with Gasteiger partial charge in [0, 0.05) is 44.5 Å². The summed E-state index contributed by atoms with van der Waals surface area (Å²) in [6.45, 7) is 4.76. The molecule has 40 heavy (non-hydrogen) atoms. The molecular weight excluding hydrogens is 573 g/mol. The Balaban J connectivity index is 1.26. The maximum Gasteiger partial charge on any atom is 0.339 e. The molecule has 1 fully saturated rings. The zero-order chi connectivity index (χ0) is 28.2. The number of carboxylic acid groups (broad SMARTS) is 1. The summed E-state index contributed by atoms with van der Waals surface area (Å²) in [6, 6.07) is 14.7. The molecule has 2 heterocycles. The second kappa shape index (κ2) is 10.5.